The maximum atomic E-state index is 8.57. The van der Waals surface area contributed by atoms with Crippen LogP contribution in [-0.4, -0.2) is 27.8 Å². The van der Waals surface area contributed by atoms with E-state index in [4.69, 9.17) is 33.4 Å². The van der Waals surface area contributed by atoms with Gasteiger partial charge in [0.2, 0.25) is 0 Å². The van der Waals surface area contributed by atoms with E-state index in [1.165, 1.54) is 0 Å². The largest absolute Gasteiger partial charge is 0.367 e. The first-order valence-electron chi connectivity index (χ1n) is 3.74. The number of hydrogen-bond donors (Lipinski definition) is 2. The van der Waals surface area contributed by atoms with Crippen LogP contribution in [-0.2, 0) is 0 Å². The molecule has 0 spiro atoms. The van der Waals surface area contributed by atoms with Crippen molar-refractivity contribution in [2.45, 2.75) is 37.4 Å². The summed E-state index contributed by atoms with van der Waals surface area (Å²) < 4.78 is 0. The lowest BCUT2D eigenvalue weighted by Gasteiger charge is -2.09. The molecule has 0 bridgehead atoms. The minimum atomic E-state index is -1.40. The van der Waals surface area contributed by atoms with Gasteiger partial charge in [0.15, 0.2) is 6.29 Å². The number of hydrogen-bond acceptors (Lipinski definition) is 2. The molecule has 0 saturated heterocycles. The average molecular weight is 201 g/mol. The van der Waals surface area contributed by atoms with E-state index in [0.717, 1.165) is 19.3 Å². The summed E-state index contributed by atoms with van der Waals surface area (Å²) in [5.74, 6) is 0.661. The van der Waals surface area contributed by atoms with Crippen molar-refractivity contribution in [2.75, 3.05) is 5.88 Å². The van der Waals surface area contributed by atoms with Crippen molar-refractivity contribution in [2.24, 2.45) is 0 Å². The Hall–Kier alpha value is 0.500. The van der Waals surface area contributed by atoms with E-state index in [0.29, 0.717) is 12.3 Å². The van der Waals surface area contributed by atoms with Crippen molar-refractivity contribution in [3.05, 3.63) is 0 Å². The second-order valence-corrected chi connectivity index (χ2v) is 3.41. The Kier molecular flexibility index (Phi) is 7.49. The predicted molar refractivity (Wildman–Crippen MR) is 47.1 cm³/mol. The monoisotopic (exact) mass is 200 g/mol. The highest BCUT2D eigenvalue weighted by Gasteiger charge is 2.11. The van der Waals surface area contributed by atoms with Gasteiger partial charge < -0.3 is 10.2 Å². The number of unbranched alkanes of at least 4 members (excludes halogenated alkanes) is 2. The highest BCUT2D eigenvalue weighted by molar-refractivity contribution is 6.20. The molecule has 11 heavy (non-hydrogen) atoms. The number of aliphatic hydroxyl groups excluding tert-OH is 1. The molecule has 0 aromatic rings. The van der Waals surface area contributed by atoms with Gasteiger partial charge in [-0.3, -0.25) is 0 Å². The highest BCUT2D eigenvalue weighted by Crippen LogP contribution is 2.11. The van der Waals surface area contributed by atoms with Crippen molar-refractivity contribution in [3.63, 3.8) is 0 Å². The van der Waals surface area contributed by atoms with Crippen LogP contribution in [0.15, 0.2) is 0 Å². The van der Waals surface area contributed by atoms with E-state index >= 15 is 0 Å². The zero-order chi connectivity index (χ0) is 8.69. The van der Waals surface area contributed by atoms with Gasteiger partial charge in [-0.05, 0) is 12.8 Å². The summed E-state index contributed by atoms with van der Waals surface area (Å²) in [4.78, 5) is 0. The van der Waals surface area contributed by atoms with Crippen LogP contribution in [0.1, 0.15) is 25.7 Å². The second-order valence-electron chi connectivity index (χ2n) is 2.47. The molecule has 0 heterocycles. The first kappa shape index (κ1) is 11.5. The highest BCUT2D eigenvalue weighted by atomic mass is 35.5. The van der Waals surface area contributed by atoms with E-state index in [1.807, 2.05) is 0 Å². The van der Waals surface area contributed by atoms with Crippen LogP contribution in [0.3, 0.4) is 0 Å². The fourth-order valence-corrected chi connectivity index (χ4v) is 1.10. The molecule has 0 radical (unpaired) electrons. The molecule has 0 amide bonds. The van der Waals surface area contributed by atoms with Gasteiger partial charge in [0, 0.05) is 5.88 Å². The van der Waals surface area contributed by atoms with Gasteiger partial charge in [-0.25, -0.2) is 0 Å². The summed E-state index contributed by atoms with van der Waals surface area (Å²) in [6, 6.07) is 0. The van der Waals surface area contributed by atoms with Crippen LogP contribution in [0, 0.1) is 0 Å². The Labute approximate surface area is 77.1 Å². The van der Waals surface area contributed by atoms with Crippen molar-refractivity contribution >= 4 is 23.2 Å². The lowest BCUT2D eigenvalue weighted by molar-refractivity contribution is -0.0432. The SMILES string of the molecule is OC(O)C(Cl)CCCCCCl. The maximum Gasteiger partial charge on any atom is 0.168 e. The first-order chi connectivity index (χ1) is 5.18. The fraction of sp³-hybridized carbons (Fsp3) is 1.00. The molecule has 2 N–H and O–H groups in total. The molecule has 1 atom stereocenters. The van der Waals surface area contributed by atoms with Crippen molar-refractivity contribution < 1.29 is 10.2 Å². The van der Waals surface area contributed by atoms with Crippen LogP contribution in [0.2, 0.25) is 0 Å². The lowest BCUT2D eigenvalue weighted by atomic mass is 10.1. The van der Waals surface area contributed by atoms with Gasteiger partial charge in [-0.15, -0.1) is 23.2 Å². The van der Waals surface area contributed by atoms with E-state index in [-0.39, 0.29) is 0 Å². The van der Waals surface area contributed by atoms with Gasteiger partial charge in [0.05, 0.1) is 5.38 Å². The summed E-state index contributed by atoms with van der Waals surface area (Å²) in [6.07, 6.45) is 2.11. The molecular weight excluding hydrogens is 187 g/mol. The number of alkyl halides is 2. The maximum absolute atomic E-state index is 8.57. The van der Waals surface area contributed by atoms with E-state index in [9.17, 15) is 0 Å². The van der Waals surface area contributed by atoms with Crippen LogP contribution >= 0.6 is 23.2 Å². The molecule has 1 unspecified atom stereocenters. The third kappa shape index (κ3) is 6.88. The number of halogens is 2. The molecule has 0 fully saturated rings. The lowest BCUT2D eigenvalue weighted by Crippen LogP contribution is -2.19. The van der Waals surface area contributed by atoms with Gasteiger partial charge in [-0.1, -0.05) is 12.8 Å². The van der Waals surface area contributed by atoms with E-state index in [1.54, 1.807) is 0 Å². The standard InChI is InChI=1S/C7H14Cl2O2/c8-5-3-1-2-4-6(9)7(10)11/h6-7,10-11H,1-5H2. The Morgan fingerprint density at radius 1 is 1.09 bits per heavy atom. The molecule has 2 nitrogen and oxygen atoms in total. The van der Waals surface area contributed by atoms with Gasteiger partial charge >= 0.3 is 0 Å². The zero-order valence-electron chi connectivity index (χ0n) is 6.34. The van der Waals surface area contributed by atoms with Crippen LogP contribution in [0.4, 0.5) is 0 Å². The molecule has 68 valence electrons. The van der Waals surface area contributed by atoms with Gasteiger partial charge in [-0.2, -0.15) is 0 Å². The minimum absolute atomic E-state index is 0.537. The molecule has 0 aliphatic heterocycles. The normalized spacial score (nSPS) is 13.9. The Balaban J connectivity index is 3.10. The van der Waals surface area contributed by atoms with Crippen molar-refractivity contribution in [1.82, 2.24) is 0 Å². The zero-order valence-corrected chi connectivity index (χ0v) is 7.85. The average Bonchev–Trinajstić information content (AvgIpc) is 1.97. The number of aliphatic hydroxyl groups is 2. The topological polar surface area (TPSA) is 40.5 Å². The predicted octanol–water partition coefficient (Wildman–Crippen LogP) is 1.70. The Bertz CT molecular complexity index is 88.5. The molecular formula is C7H14Cl2O2. The molecule has 0 aliphatic carbocycles. The second kappa shape index (κ2) is 7.17. The van der Waals surface area contributed by atoms with Gasteiger partial charge in [0.1, 0.15) is 0 Å². The molecule has 0 aromatic carbocycles. The smallest absolute Gasteiger partial charge is 0.168 e. The minimum Gasteiger partial charge on any atom is -0.367 e. The summed E-state index contributed by atoms with van der Waals surface area (Å²) in [5.41, 5.74) is 0. The summed E-state index contributed by atoms with van der Waals surface area (Å²) >= 11 is 11.0. The summed E-state index contributed by atoms with van der Waals surface area (Å²) in [6.45, 7) is 0. The summed E-state index contributed by atoms with van der Waals surface area (Å²) in [7, 11) is 0. The quantitative estimate of drug-likeness (QED) is 0.390. The number of rotatable bonds is 6. The third-order valence-corrected chi connectivity index (χ3v) is 2.15. The van der Waals surface area contributed by atoms with E-state index in [2.05, 4.69) is 0 Å². The molecule has 0 rings (SSSR count). The van der Waals surface area contributed by atoms with Crippen molar-refractivity contribution in [1.29, 1.82) is 0 Å². The molecule has 0 aliphatic rings. The Morgan fingerprint density at radius 3 is 2.18 bits per heavy atom. The first-order valence-corrected chi connectivity index (χ1v) is 4.71. The van der Waals surface area contributed by atoms with Crippen LogP contribution in [0.25, 0.3) is 0 Å². The molecule has 0 saturated carbocycles. The van der Waals surface area contributed by atoms with E-state index < -0.39 is 11.7 Å². The van der Waals surface area contributed by atoms with Gasteiger partial charge in [0.25, 0.3) is 0 Å². The van der Waals surface area contributed by atoms with Crippen molar-refractivity contribution in [3.8, 4) is 0 Å². The molecule has 0 aromatic heterocycles. The third-order valence-electron chi connectivity index (χ3n) is 1.44. The molecule has 4 heteroatoms. The van der Waals surface area contributed by atoms with Crippen LogP contribution < -0.4 is 0 Å². The van der Waals surface area contributed by atoms with Crippen LogP contribution in [0.5, 0.6) is 0 Å². The Morgan fingerprint density at radius 2 is 1.73 bits per heavy atom. The fourth-order valence-electron chi connectivity index (χ4n) is 0.760. The summed E-state index contributed by atoms with van der Waals surface area (Å²) in [5, 5.41) is 16.6.